The fraction of sp³-hybridized carbons (Fsp3) is 0.583. The van der Waals surface area contributed by atoms with E-state index >= 15 is 0 Å². The molecule has 0 saturated heterocycles. The third kappa shape index (κ3) is 4.36. The van der Waals surface area contributed by atoms with Crippen LogP contribution in [0.5, 0.6) is 11.5 Å². The fourth-order valence-electron chi connectivity index (χ4n) is 4.22. The van der Waals surface area contributed by atoms with Crippen molar-refractivity contribution >= 4 is 0 Å². The summed E-state index contributed by atoms with van der Waals surface area (Å²) in [5, 5.41) is 20.2. The number of hydrogen-bond donors (Lipinski definition) is 2. The predicted octanol–water partition coefficient (Wildman–Crippen LogP) is 4.12. The molecule has 30 heavy (non-hydrogen) atoms. The molecule has 2 heterocycles. The quantitative estimate of drug-likeness (QED) is 0.701. The van der Waals surface area contributed by atoms with Gasteiger partial charge in [0.15, 0.2) is 0 Å². The zero-order chi connectivity index (χ0) is 21.9. The number of phenolic OH excluding ortho intramolecular Hbond substituents is 1. The molecule has 2 aliphatic rings. The average molecular weight is 419 g/mol. The number of benzene rings is 1. The van der Waals surface area contributed by atoms with Gasteiger partial charge in [0.1, 0.15) is 30.0 Å². The highest BCUT2D eigenvalue weighted by Crippen LogP contribution is 2.52. The Bertz CT molecular complexity index is 841. The van der Waals surface area contributed by atoms with Crippen LogP contribution in [0, 0.1) is 0 Å². The van der Waals surface area contributed by atoms with E-state index in [1.165, 1.54) is 0 Å². The lowest BCUT2D eigenvalue weighted by Crippen LogP contribution is -2.32. The maximum atomic E-state index is 11.0. The van der Waals surface area contributed by atoms with E-state index in [2.05, 4.69) is 6.92 Å². The van der Waals surface area contributed by atoms with Gasteiger partial charge in [0.25, 0.3) is 0 Å². The smallest absolute Gasteiger partial charge is 0.133 e. The summed E-state index contributed by atoms with van der Waals surface area (Å²) in [7, 11) is 1.63. The molecule has 2 atom stereocenters. The first-order valence-electron chi connectivity index (χ1n) is 10.5. The van der Waals surface area contributed by atoms with Crippen molar-refractivity contribution in [2.75, 3.05) is 26.9 Å². The van der Waals surface area contributed by atoms with Gasteiger partial charge in [-0.25, -0.2) is 0 Å². The number of aliphatic hydroxyl groups is 1. The Hall–Kier alpha value is -2.02. The van der Waals surface area contributed by atoms with Crippen molar-refractivity contribution in [2.24, 2.45) is 0 Å². The molecule has 0 bridgehead atoms. The molecule has 2 aliphatic heterocycles. The van der Waals surface area contributed by atoms with Crippen LogP contribution in [0.25, 0.3) is 0 Å². The summed E-state index contributed by atoms with van der Waals surface area (Å²) < 4.78 is 23.6. The van der Waals surface area contributed by atoms with Crippen molar-refractivity contribution in [1.29, 1.82) is 0 Å². The number of methoxy groups -OCH3 is 1. The van der Waals surface area contributed by atoms with Crippen molar-refractivity contribution < 1.29 is 29.2 Å². The number of rotatable bonds is 5. The predicted molar refractivity (Wildman–Crippen MR) is 115 cm³/mol. The van der Waals surface area contributed by atoms with Gasteiger partial charge in [0.2, 0.25) is 0 Å². The molecule has 2 unspecified atom stereocenters. The summed E-state index contributed by atoms with van der Waals surface area (Å²) in [5.41, 5.74) is 4.26. The van der Waals surface area contributed by atoms with E-state index in [0.29, 0.717) is 26.4 Å². The van der Waals surface area contributed by atoms with Crippen molar-refractivity contribution in [2.45, 2.75) is 65.3 Å². The third-order valence-corrected chi connectivity index (χ3v) is 6.40. The molecule has 166 valence electrons. The first-order valence-corrected chi connectivity index (χ1v) is 10.5. The van der Waals surface area contributed by atoms with Gasteiger partial charge in [0, 0.05) is 16.5 Å². The van der Waals surface area contributed by atoms with Gasteiger partial charge < -0.3 is 29.2 Å². The summed E-state index contributed by atoms with van der Waals surface area (Å²) in [6, 6.07) is 1.79. The summed E-state index contributed by atoms with van der Waals surface area (Å²) in [5.74, 6) is 1.73. The lowest BCUT2D eigenvalue weighted by atomic mass is 9.74. The zero-order valence-corrected chi connectivity index (χ0v) is 18.7. The van der Waals surface area contributed by atoms with Crippen LogP contribution in [0.3, 0.4) is 0 Å². The Morgan fingerprint density at radius 1 is 1.27 bits per heavy atom. The highest BCUT2D eigenvalue weighted by molar-refractivity contribution is 5.59. The topological polar surface area (TPSA) is 77.4 Å². The third-order valence-electron chi connectivity index (χ3n) is 6.40. The number of fused-ring (bicyclic) bond motifs is 3. The molecule has 1 aromatic rings. The van der Waals surface area contributed by atoms with Gasteiger partial charge in [-0.2, -0.15) is 0 Å². The second kappa shape index (κ2) is 9.41. The molecule has 2 N–H and O–H groups in total. The molecule has 0 aromatic heterocycles. The summed E-state index contributed by atoms with van der Waals surface area (Å²) in [6.07, 6.45) is 3.57. The van der Waals surface area contributed by atoms with Gasteiger partial charge in [-0.05, 0) is 50.8 Å². The molecule has 0 radical (unpaired) electrons. The second-order valence-corrected chi connectivity index (χ2v) is 8.56. The normalized spacial score (nSPS) is 27.3. The second-order valence-electron chi connectivity index (χ2n) is 8.56. The Balaban J connectivity index is 1.94. The zero-order valence-electron chi connectivity index (χ0n) is 18.7. The van der Waals surface area contributed by atoms with E-state index in [0.717, 1.165) is 52.2 Å². The van der Waals surface area contributed by atoms with Crippen LogP contribution < -0.4 is 4.74 Å². The lowest BCUT2D eigenvalue weighted by molar-refractivity contribution is 0.0836. The summed E-state index contributed by atoms with van der Waals surface area (Å²) in [6.45, 7) is 9.65. The molecule has 0 fully saturated rings. The van der Waals surface area contributed by atoms with Crippen LogP contribution in [0.2, 0.25) is 0 Å². The first kappa shape index (κ1) is 22.7. The highest BCUT2D eigenvalue weighted by Gasteiger charge is 2.46. The van der Waals surface area contributed by atoms with E-state index in [1.54, 1.807) is 13.2 Å². The van der Waals surface area contributed by atoms with Crippen molar-refractivity contribution in [3.05, 3.63) is 45.7 Å². The Kier molecular flexibility index (Phi) is 7.11. The first-order chi connectivity index (χ1) is 14.3. The fourth-order valence-corrected chi connectivity index (χ4v) is 4.22. The molecule has 0 aliphatic carbocycles. The van der Waals surface area contributed by atoms with E-state index < -0.39 is 0 Å². The van der Waals surface area contributed by atoms with E-state index in [-0.39, 0.29) is 23.9 Å². The van der Waals surface area contributed by atoms with Crippen LogP contribution in [-0.4, -0.2) is 43.2 Å². The van der Waals surface area contributed by atoms with E-state index in [9.17, 15) is 10.2 Å². The van der Waals surface area contributed by atoms with Crippen molar-refractivity contribution in [1.82, 2.24) is 0 Å². The minimum absolute atomic E-state index is 0.0636. The largest absolute Gasteiger partial charge is 0.507 e. The number of ether oxygens (including phenoxy) is 4. The average Bonchev–Trinajstić information content (AvgIpc) is 2.98. The molecule has 0 amide bonds. The van der Waals surface area contributed by atoms with Crippen molar-refractivity contribution in [3.63, 3.8) is 0 Å². The lowest BCUT2D eigenvalue weighted by Gasteiger charge is -2.28. The molecule has 6 heteroatoms. The maximum Gasteiger partial charge on any atom is 0.133 e. The number of allylic oxidation sites excluding steroid dienone is 1. The SMILES string of the molecule is CO/C1=C(\C)COCc2c(cc(O)c3c2OC(C)C3(C)CC/C=C(/C)CO)COC1. The Morgan fingerprint density at radius 2 is 2.00 bits per heavy atom. The Morgan fingerprint density at radius 3 is 2.70 bits per heavy atom. The molecular weight excluding hydrogens is 384 g/mol. The molecule has 3 rings (SSSR count). The summed E-state index contributed by atoms with van der Waals surface area (Å²) >= 11 is 0. The van der Waals surface area contributed by atoms with Crippen LogP contribution in [0.15, 0.2) is 29.0 Å². The van der Waals surface area contributed by atoms with Crippen LogP contribution in [0.4, 0.5) is 0 Å². The van der Waals surface area contributed by atoms with Gasteiger partial charge >= 0.3 is 0 Å². The van der Waals surface area contributed by atoms with Crippen LogP contribution in [-0.2, 0) is 32.8 Å². The molecule has 0 spiro atoms. The van der Waals surface area contributed by atoms with Crippen LogP contribution >= 0.6 is 0 Å². The van der Waals surface area contributed by atoms with Gasteiger partial charge in [-0.3, -0.25) is 0 Å². The number of aliphatic hydroxyl groups excluding tert-OH is 1. The maximum absolute atomic E-state index is 11.0. The monoisotopic (exact) mass is 418 g/mol. The van der Waals surface area contributed by atoms with Gasteiger partial charge in [-0.1, -0.05) is 18.6 Å². The minimum Gasteiger partial charge on any atom is -0.507 e. The van der Waals surface area contributed by atoms with Crippen LogP contribution in [0.1, 0.15) is 57.2 Å². The van der Waals surface area contributed by atoms with Gasteiger partial charge in [-0.15, -0.1) is 0 Å². The standard InChI is InChI=1S/C24H34O6/c1-15(10-25)7-6-8-24(4)17(3)30-23-19-13-28-11-16(2)21(27-5)14-29-12-18(19)9-20(26)22(23)24/h7,9,17,25-26H,6,8,10-14H2,1-5H3/b15-7-,21-16+. The molecule has 1 aromatic carbocycles. The number of hydrogen-bond acceptors (Lipinski definition) is 6. The molecule has 0 saturated carbocycles. The number of aromatic hydroxyl groups is 1. The van der Waals surface area contributed by atoms with Gasteiger partial charge in [0.05, 0.1) is 33.5 Å². The minimum atomic E-state index is -0.337. The Labute approximate surface area is 179 Å². The highest BCUT2D eigenvalue weighted by atomic mass is 16.5. The molecule has 6 nitrogen and oxygen atoms in total. The summed E-state index contributed by atoms with van der Waals surface area (Å²) in [4.78, 5) is 0. The van der Waals surface area contributed by atoms with Crippen molar-refractivity contribution in [3.8, 4) is 11.5 Å². The van der Waals surface area contributed by atoms with E-state index in [4.69, 9.17) is 18.9 Å². The number of phenols is 1. The molecular formula is C24H34O6. The van der Waals surface area contributed by atoms with E-state index in [1.807, 2.05) is 26.8 Å².